The second kappa shape index (κ2) is 11.4. The molecular formula is C24H29FN2O3. The molecule has 2 aromatic carbocycles. The summed E-state index contributed by atoms with van der Waals surface area (Å²) in [6.45, 7) is 3.46. The van der Waals surface area contributed by atoms with Crippen molar-refractivity contribution < 1.29 is 18.7 Å². The van der Waals surface area contributed by atoms with Crippen LogP contribution in [0, 0.1) is 11.7 Å². The fraction of sp³-hybridized carbons (Fsp3) is 0.375. The van der Waals surface area contributed by atoms with E-state index in [2.05, 4.69) is 16.3 Å². The summed E-state index contributed by atoms with van der Waals surface area (Å²) >= 11 is 0. The van der Waals surface area contributed by atoms with E-state index in [1.165, 1.54) is 12.1 Å². The number of halogens is 1. The van der Waals surface area contributed by atoms with Gasteiger partial charge in [0.25, 0.3) is 5.91 Å². The molecule has 1 N–H and O–H groups in total. The molecule has 0 aromatic heterocycles. The van der Waals surface area contributed by atoms with Gasteiger partial charge in [0.1, 0.15) is 5.82 Å². The number of hydrogen-bond acceptors (Lipinski definition) is 4. The van der Waals surface area contributed by atoms with Gasteiger partial charge in [-0.3, -0.25) is 9.69 Å². The lowest BCUT2D eigenvalue weighted by Crippen LogP contribution is -2.41. The molecule has 0 bridgehead atoms. The average molecular weight is 413 g/mol. The zero-order valence-corrected chi connectivity index (χ0v) is 17.4. The Morgan fingerprint density at radius 2 is 1.97 bits per heavy atom. The van der Waals surface area contributed by atoms with Crippen molar-refractivity contribution in [3.8, 4) is 11.5 Å². The third-order valence-corrected chi connectivity index (χ3v) is 5.16. The molecule has 1 unspecified atom stereocenters. The normalized spacial score (nSPS) is 17.1. The third-order valence-electron chi connectivity index (χ3n) is 5.16. The number of piperidine rings is 1. The number of methoxy groups -OCH3 is 1. The van der Waals surface area contributed by atoms with Crippen LogP contribution < -0.4 is 14.8 Å². The van der Waals surface area contributed by atoms with Gasteiger partial charge in [-0.15, -0.1) is 0 Å². The van der Waals surface area contributed by atoms with E-state index < -0.39 is 0 Å². The van der Waals surface area contributed by atoms with Crippen molar-refractivity contribution in [3.63, 3.8) is 0 Å². The first-order valence-corrected chi connectivity index (χ1v) is 10.3. The fourth-order valence-corrected chi connectivity index (χ4v) is 3.59. The molecule has 1 aliphatic rings. The monoisotopic (exact) mass is 412 g/mol. The standard InChI is InChI=1S/C24H29FN2O3/c1-29-22-8-2-3-9-23(22)30-18-24(28)26-16-20-7-5-15-27(17-20)14-4-6-19-10-12-21(25)13-11-19/h2-4,6,8-13,20H,5,7,14-18H2,1H3,(H,26,28)/b6-4+. The topological polar surface area (TPSA) is 50.8 Å². The van der Waals surface area contributed by atoms with Gasteiger partial charge in [-0.25, -0.2) is 4.39 Å². The van der Waals surface area contributed by atoms with Gasteiger partial charge < -0.3 is 14.8 Å². The number of nitrogens with one attached hydrogen (secondary N) is 1. The Morgan fingerprint density at radius 1 is 1.20 bits per heavy atom. The van der Waals surface area contributed by atoms with Crippen LogP contribution in [0.5, 0.6) is 11.5 Å². The Hall–Kier alpha value is -2.86. The largest absolute Gasteiger partial charge is 0.493 e. The summed E-state index contributed by atoms with van der Waals surface area (Å²) in [4.78, 5) is 14.5. The summed E-state index contributed by atoms with van der Waals surface area (Å²) in [5.41, 5.74) is 0.993. The van der Waals surface area contributed by atoms with Gasteiger partial charge in [-0.1, -0.05) is 36.4 Å². The molecule has 2 aromatic rings. The van der Waals surface area contributed by atoms with Crippen molar-refractivity contribution >= 4 is 12.0 Å². The van der Waals surface area contributed by atoms with Crippen LogP contribution in [0.3, 0.4) is 0 Å². The minimum absolute atomic E-state index is 0.0305. The molecule has 30 heavy (non-hydrogen) atoms. The smallest absolute Gasteiger partial charge is 0.257 e. The van der Waals surface area contributed by atoms with E-state index in [-0.39, 0.29) is 18.3 Å². The first kappa shape index (κ1) is 21.8. The van der Waals surface area contributed by atoms with Crippen molar-refractivity contribution in [2.24, 2.45) is 5.92 Å². The first-order chi connectivity index (χ1) is 14.6. The number of ether oxygens (including phenoxy) is 2. The van der Waals surface area contributed by atoms with Crippen molar-refractivity contribution in [2.45, 2.75) is 12.8 Å². The number of rotatable bonds is 9. The Morgan fingerprint density at radius 3 is 2.73 bits per heavy atom. The molecule has 0 saturated carbocycles. The number of hydrogen-bond donors (Lipinski definition) is 1. The second-order valence-electron chi connectivity index (χ2n) is 7.47. The Bertz CT molecular complexity index is 839. The lowest BCUT2D eigenvalue weighted by molar-refractivity contribution is -0.123. The highest BCUT2D eigenvalue weighted by molar-refractivity contribution is 5.77. The number of nitrogens with zero attached hydrogens (tertiary/aromatic N) is 1. The molecule has 3 rings (SSSR count). The maximum atomic E-state index is 13.0. The predicted molar refractivity (Wildman–Crippen MR) is 116 cm³/mol. The summed E-state index contributed by atoms with van der Waals surface area (Å²) in [5, 5.41) is 2.98. The quantitative estimate of drug-likeness (QED) is 0.682. The van der Waals surface area contributed by atoms with Crippen LogP contribution >= 0.6 is 0 Å². The maximum Gasteiger partial charge on any atom is 0.257 e. The Labute approximate surface area is 177 Å². The number of benzene rings is 2. The minimum Gasteiger partial charge on any atom is -0.493 e. The zero-order chi connectivity index (χ0) is 21.2. The molecule has 1 saturated heterocycles. The highest BCUT2D eigenvalue weighted by Crippen LogP contribution is 2.25. The zero-order valence-electron chi connectivity index (χ0n) is 17.4. The first-order valence-electron chi connectivity index (χ1n) is 10.3. The molecule has 1 amide bonds. The highest BCUT2D eigenvalue weighted by atomic mass is 19.1. The van der Waals surface area contributed by atoms with Crippen LogP contribution in [0.25, 0.3) is 6.08 Å². The van der Waals surface area contributed by atoms with Gasteiger partial charge in [-0.05, 0) is 55.1 Å². The number of amides is 1. The van der Waals surface area contributed by atoms with Gasteiger partial charge in [-0.2, -0.15) is 0 Å². The number of likely N-dealkylation sites (tertiary alicyclic amines) is 1. The number of carbonyl (C=O) groups excluding carboxylic acids is 1. The molecule has 1 heterocycles. The lowest BCUT2D eigenvalue weighted by Gasteiger charge is -2.32. The Balaban J connectivity index is 1.38. The van der Waals surface area contributed by atoms with E-state index in [1.807, 2.05) is 18.2 Å². The molecule has 1 fully saturated rings. The van der Waals surface area contributed by atoms with Crippen molar-refractivity contribution in [1.29, 1.82) is 0 Å². The summed E-state index contributed by atoms with van der Waals surface area (Å²) in [6.07, 6.45) is 6.34. The van der Waals surface area contributed by atoms with Crippen molar-refractivity contribution in [3.05, 3.63) is 66.0 Å². The van der Waals surface area contributed by atoms with Gasteiger partial charge in [0, 0.05) is 19.6 Å². The molecule has 160 valence electrons. The molecule has 0 aliphatic carbocycles. The van der Waals surface area contributed by atoms with Gasteiger partial charge in [0.05, 0.1) is 7.11 Å². The van der Waals surface area contributed by atoms with E-state index in [0.29, 0.717) is 24.0 Å². The van der Waals surface area contributed by atoms with E-state index >= 15 is 0 Å². The molecule has 6 heteroatoms. The molecule has 1 atom stereocenters. The predicted octanol–water partition coefficient (Wildman–Crippen LogP) is 3.75. The average Bonchev–Trinajstić information content (AvgIpc) is 2.78. The van der Waals surface area contributed by atoms with Crippen LogP contribution in [0.15, 0.2) is 54.6 Å². The van der Waals surface area contributed by atoms with Crippen LogP contribution in [0.4, 0.5) is 4.39 Å². The van der Waals surface area contributed by atoms with Crippen LogP contribution in [0.2, 0.25) is 0 Å². The lowest BCUT2D eigenvalue weighted by atomic mass is 9.98. The number of para-hydroxylation sites is 2. The Kier molecular flexibility index (Phi) is 8.27. The molecule has 1 aliphatic heterocycles. The summed E-state index contributed by atoms with van der Waals surface area (Å²) < 4.78 is 23.8. The fourth-order valence-electron chi connectivity index (χ4n) is 3.59. The summed E-state index contributed by atoms with van der Waals surface area (Å²) in [5.74, 6) is 1.25. The van der Waals surface area contributed by atoms with Gasteiger partial charge in [0.2, 0.25) is 0 Å². The van der Waals surface area contributed by atoms with Crippen LogP contribution in [-0.4, -0.2) is 50.7 Å². The van der Waals surface area contributed by atoms with Crippen LogP contribution in [-0.2, 0) is 4.79 Å². The second-order valence-corrected chi connectivity index (χ2v) is 7.47. The van der Waals surface area contributed by atoms with Crippen LogP contribution in [0.1, 0.15) is 18.4 Å². The van der Waals surface area contributed by atoms with Crippen molar-refractivity contribution in [2.75, 3.05) is 39.9 Å². The van der Waals surface area contributed by atoms with E-state index in [9.17, 15) is 9.18 Å². The van der Waals surface area contributed by atoms with Gasteiger partial charge >= 0.3 is 0 Å². The molecular weight excluding hydrogens is 383 g/mol. The van der Waals surface area contributed by atoms with Crippen molar-refractivity contribution in [1.82, 2.24) is 10.2 Å². The third kappa shape index (κ3) is 6.88. The molecule has 5 nitrogen and oxygen atoms in total. The van der Waals surface area contributed by atoms with E-state index in [4.69, 9.17) is 9.47 Å². The summed E-state index contributed by atoms with van der Waals surface area (Å²) in [6, 6.07) is 13.8. The highest BCUT2D eigenvalue weighted by Gasteiger charge is 2.19. The maximum absolute atomic E-state index is 13.0. The molecule has 0 spiro atoms. The minimum atomic E-state index is -0.221. The molecule has 0 radical (unpaired) electrons. The summed E-state index contributed by atoms with van der Waals surface area (Å²) in [7, 11) is 1.58. The SMILES string of the molecule is COc1ccccc1OCC(=O)NCC1CCCN(C/C=C/c2ccc(F)cc2)C1. The van der Waals surface area contributed by atoms with Gasteiger partial charge in [0.15, 0.2) is 18.1 Å². The number of carbonyl (C=O) groups is 1. The van der Waals surface area contributed by atoms with E-state index in [1.54, 1.807) is 31.4 Å². The van der Waals surface area contributed by atoms with E-state index in [0.717, 1.165) is 38.0 Å².